The number of sulfonamides is 1. The van der Waals surface area contributed by atoms with Crippen LogP contribution >= 0.6 is 0 Å². The molecule has 0 radical (unpaired) electrons. The molecular formula is C13H19FN2O3S. The van der Waals surface area contributed by atoms with Crippen molar-refractivity contribution in [2.24, 2.45) is 0 Å². The summed E-state index contributed by atoms with van der Waals surface area (Å²) < 4.78 is 46.0. The van der Waals surface area contributed by atoms with Crippen LogP contribution in [0.5, 0.6) is 0 Å². The largest absolute Gasteiger partial charge is 0.396 e. The van der Waals surface area contributed by atoms with Crippen molar-refractivity contribution in [3.8, 4) is 0 Å². The maximum Gasteiger partial charge on any atom is 0.241 e. The Kier molecular flexibility index (Phi) is 4.04. The van der Waals surface area contributed by atoms with Gasteiger partial charge in [-0.25, -0.2) is 17.5 Å². The molecule has 7 heteroatoms. The Bertz CT molecular complexity index is 625. The van der Waals surface area contributed by atoms with E-state index in [0.29, 0.717) is 18.4 Å². The topological polar surface area (TPSA) is 81.4 Å². The van der Waals surface area contributed by atoms with Gasteiger partial charge in [-0.3, -0.25) is 0 Å². The van der Waals surface area contributed by atoms with Gasteiger partial charge in [0.05, 0.1) is 16.7 Å². The fraction of sp³-hybridized carbons (Fsp3) is 0.538. The van der Waals surface area contributed by atoms with Crippen LogP contribution in [0.1, 0.15) is 24.0 Å². The number of hydrogen-bond acceptors (Lipinski definition) is 4. The standard InChI is InChI=1S/C13H19FN2O3S/c1-7-4-11(14)12(15)8(2)13(7)20(17,18)16-9-5-10(6-9)19-3/h4,9-10,16H,5-6,15H2,1-3H3. The van der Waals surface area contributed by atoms with Gasteiger partial charge in [0.25, 0.3) is 0 Å². The van der Waals surface area contributed by atoms with Crippen LogP contribution in [0.15, 0.2) is 11.0 Å². The molecule has 3 N–H and O–H groups in total. The first-order valence-corrected chi connectivity index (χ1v) is 7.85. The third-order valence-electron chi connectivity index (χ3n) is 3.72. The van der Waals surface area contributed by atoms with Crippen LogP contribution in [0.4, 0.5) is 10.1 Å². The van der Waals surface area contributed by atoms with Crippen LogP contribution in [0.3, 0.4) is 0 Å². The number of methoxy groups -OCH3 is 1. The number of nitrogens with two attached hydrogens (primary N) is 1. The number of halogens is 1. The number of rotatable bonds is 4. The summed E-state index contributed by atoms with van der Waals surface area (Å²) in [5, 5.41) is 0. The Morgan fingerprint density at radius 1 is 1.40 bits per heavy atom. The molecule has 0 atom stereocenters. The van der Waals surface area contributed by atoms with Gasteiger partial charge in [0, 0.05) is 13.2 Å². The van der Waals surface area contributed by atoms with E-state index in [2.05, 4.69) is 4.72 Å². The second-order valence-electron chi connectivity index (χ2n) is 5.19. The van der Waals surface area contributed by atoms with Gasteiger partial charge < -0.3 is 10.5 Å². The van der Waals surface area contributed by atoms with Crippen LogP contribution < -0.4 is 10.5 Å². The average Bonchev–Trinajstić information content (AvgIpc) is 2.30. The predicted molar refractivity (Wildman–Crippen MR) is 74.4 cm³/mol. The van der Waals surface area contributed by atoms with Gasteiger partial charge in [0.15, 0.2) is 0 Å². The van der Waals surface area contributed by atoms with Gasteiger partial charge in [0.2, 0.25) is 10.0 Å². The van der Waals surface area contributed by atoms with E-state index in [1.807, 2.05) is 0 Å². The smallest absolute Gasteiger partial charge is 0.241 e. The molecule has 1 saturated carbocycles. The van der Waals surface area contributed by atoms with Gasteiger partial charge in [-0.15, -0.1) is 0 Å². The van der Waals surface area contributed by atoms with Crippen LogP contribution in [0.25, 0.3) is 0 Å². The van der Waals surface area contributed by atoms with Gasteiger partial charge in [-0.05, 0) is 43.9 Å². The fourth-order valence-electron chi connectivity index (χ4n) is 2.48. The molecule has 2 rings (SSSR count). The van der Waals surface area contributed by atoms with Crippen molar-refractivity contribution in [2.45, 2.75) is 43.7 Å². The SMILES string of the molecule is COC1CC(NS(=O)(=O)c2c(C)cc(F)c(N)c2C)C1. The Labute approximate surface area is 118 Å². The first kappa shape index (κ1) is 15.2. The van der Waals surface area contributed by atoms with E-state index >= 15 is 0 Å². The highest BCUT2D eigenvalue weighted by atomic mass is 32.2. The van der Waals surface area contributed by atoms with Crippen LogP contribution in [-0.2, 0) is 14.8 Å². The lowest BCUT2D eigenvalue weighted by atomic mass is 9.90. The maximum atomic E-state index is 13.5. The molecule has 0 spiro atoms. The summed E-state index contributed by atoms with van der Waals surface area (Å²) in [7, 11) is -2.10. The van der Waals surface area contributed by atoms with Crippen LogP contribution in [-0.4, -0.2) is 27.7 Å². The molecular weight excluding hydrogens is 283 g/mol. The summed E-state index contributed by atoms with van der Waals surface area (Å²) in [6.07, 6.45) is 1.39. The number of aryl methyl sites for hydroxylation is 1. The number of benzene rings is 1. The highest BCUT2D eigenvalue weighted by molar-refractivity contribution is 7.89. The molecule has 20 heavy (non-hydrogen) atoms. The molecule has 0 bridgehead atoms. The average molecular weight is 302 g/mol. The van der Waals surface area contributed by atoms with Crippen molar-refractivity contribution >= 4 is 15.7 Å². The van der Waals surface area contributed by atoms with Crippen LogP contribution in [0.2, 0.25) is 0 Å². The second kappa shape index (κ2) is 5.31. The summed E-state index contributed by atoms with van der Waals surface area (Å²) in [6.45, 7) is 3.07. The van der Waals surface area contributed by atoms with Crippen LogP contribution in [0, 0.1) is 19.7 Å². The zero-order valence-electron chi connectivity index (χ0n) is 11.7. The van der Waals surface area contributed by atoms with E-state index in [9.17, 15) is 12.8 Å². The lowest BCUT2D eigenvalue weighted by molar-refractivity contribution is 0.0236. The van der Waals surface area contributed by atoms with E-state index in [4.69, 9.17) is 10.5 Å². The molecule has 0 heterocycles. The molecule has 0 saturated heterocycles. The summed E-state index contributed by atoms with van der Waals surface area (Å²) in [5.41, 5.74) is 6.06. The van der Waals surface area contributed by atoms with E-state index < -0.39 is 15.8 Å². The van der Waals surface area contributed by atoms with Gasteiger partial charge in [-0.2, -0.15) is 0 Å². The van der Waals surface area contributed by atoms with Crippen molar-refractivity contribution in [3.05, 3.63) is 23.0 Å². The first-order chi connectivity index (χ1) is 9.26. The summed E-state index contributed by atoms with van der Waals surface area (Å²) in [5.74, 6) is -0.595. The summed E-state index contributed by atoms with van der Waals surface area (Å²) >= 11 is 0. The maximum absolute atomic E-state index is 13.5. The third-order valence-corrected chi connectivity index (χ3v) is 5.53. The lowest BCUT2D eigenvalue weighted by Gasteiger charge is -2.34. The highest BCUT2D eigenvalue weighted by Crippen LogP contribution is 2.30. The molecule has 112 valence electrons. The van der Waals surface area contributed by atoms with Crippen molar-refractivity contribution in [3.63, 3.8) is 0 Å². The fourth-order valence-corrected chi connectivity index (χ4v) is 4.22. The number of nitrogen functional groups attached to an aromatic ring is 1. The van der Waals surface area contributed by atoms with Gasteiger partial charge in [-0.1, -0.05) is 0 Å². The third kappa shape index (κ3) is 2.65. The Balaban J connectivity index is 2.29. The second-order valence-corrected chi connectivity index (χ2v) is 6.84. The van der Waals surface area contributed by atoms with Crippen molar-refractivity contribution in [2.75, 3.05) is 12.8 Å². The van der Waals surface area contributed by atoms with E-state index in [1.54, 1.807) is 14.0 Å². The molecule has 1 aromatic rings. The van der Waals surface area contributed by atoms with E-state index in [-0.39, 0.29) is 28.3 Å². The molecule has 1 aliphatic rings. The monoisotopic (exact) mass is 302 g/mol. The molecule has 0 unspecified atom stereocenters. The minimum Gasteiger partial charge on any atom is -0.396 e. The minimum atomic E-state index is -3.70. The zero-order chi connectivity index (χ0) is 15.1. The number of ether oxygens (including phenoxy) is 1. The van der Waals surface area contributed by atoms with Crippen molar-refractivity contribution < 1.29 is 17.5 Å². The van der Waals surface area contributed by atoms with E-state index in [0.717, 1.165) is 6.07 Å². The lowest BCUT2D eigenvalue weighted by Crippen LogP contribution is -2.47. The molecule has 5 nitrogen and oxygen atoms in total. The Morgan fingerprint density at radius 2 is 2.00 bits per heavy atom. The number of anilines is 1. The molecule has 0 amide bonds. The molecule has 1 aliphatic carbocycles. The number of nitrogens with one attached hydrogen (secondary N) is 1. The Morgan fingerprint density at radius 3 is 2.55 bits per heavy atom. The summed E-state index contributed by atoms with van der Waals surface area (Å²) in [4.78, 5) is 0.0669. The highest BCUT2D eigenvalue weighted by Gasteiger charge is 2.34. The number of hydrogen-bond donors (Lipinski definition) is 2. The van der Waals surface area contributed by atoms with Gasteiger partial charge in [0.1, 0.15) is 5.82 Å². The van der Waals surface area contributed by atoms with Gasteiger partial charge >= 0.3 is 0 Å². The van der Waals surface area contributed by atoms with Crippen molar-refractivity contribution in [1.29, 1.82) is 0 Å². The molecule has 0 aliphatic heterocycles. The quantitative estimate of drug-likeness (QED) is 0.826. The Hall–Kier alpha value is -1.18. The molecule has 0 aromatic heterocycles. The first-order valence-electron chi connectivity index (χ1n) is 6.36. The molecule has 1 fully saturated rings. The minimum absolute atomic E-state index is 0.0669. The molecule has 1 aromatic carbocycles. The predicted octanol–water partition coefficient (Wildman–Crippen LogP) is 1.48. The van der Waals surface area contributed by atoms with E-state index in [1.165, 1.54) is 6.92 Å². The zero-order valence-corrected chi connectivity index (χ0v) is 12.6. The normalized spacial score (nSPS) is 22.6. The van der Waals surface area contributed by atoms with Crippen molar-refractivity contribution in [1.82, 2.24) is 4.72 Å². The summed E-state index contributed by atoms with van der Waals surface area (Å²) in [6, 6.07) is 1.00.